The summed E-state index contributed by atoms with van der Waals surface area (Å²) in [7, 11) is 2.08. The molecular formula is C14H23NO3S. The minimum absolute atomic E-state index is 0.0426. The second-order valence-corrected chi connectivity index (χ2v) is 5.50. The molecule has 5 heteroatoms. The van der Waals surface area contributed by atoms with Crippen LogP contribution in [0, 0.1) is 0 Å². The van der Waals surface area contributed by atoms with Gasteiger partial charge < -0.3 is 14.4 Å². The summed E-state index contributed by atoms with van der Waals surface area (Å²) < 4.78 is 10.1. The molecule has 1 unspecified atom stereocenters. The van der Waals surface area contributed by atoms with Gasteiger partial charge in [0, 0.05) is 17.5 Å². The summed E-state index contributed by atoms with van der Waals surface area (Å²) in [6, 6.07) is 4.70. The zero-order valence-corrected chi connectivity index (χ0v) is 12.7. The van der Waals surface area contributed by atoms with Gasteiger partial charge in [-0.3, -0.25) is 0 Å². The van der Waals surface area contributed by atoms with Gasteiger partial charge in [-0.15, -0.1) is 11.3 Å². The van der Waals surface area contributed by atoms with Crippen molar-refractivity contribution in [3.05, 3.63) is 22.4 Å². The smallest absolute Gasteiger partial charge is 0.332 e. The standard InChI is InChI=1S/C14H23NO3S/c1-4-18-14(16)11-17-8-7-15(3)12(2)10-13-6-5-9-19-13/h5-6,9,12H,4,7-8,10-11H2,1-3H3. The van der Waals surface area contributed by atoms with Crippen LogP contribution in [0.5, 0.6) is 0 Å². The van der Waals surface area contributed by atoms with Gasteiger partial charge in [-0.2, -0.15) is 0 Å². The predicted octanol–water partition coefficient (Wildman–Crippen LogP) is 2.19. The summed E-state index contributed by atoms with van der Waals surface area (Å²) in [5, 5.41) is 2.10. The average Bonchev–Trinajstić information content (AvgIpc) is 2.87. The molecule has 0 spiro atoms. The second-order valence-electron chi connectivity index (χ2n) is 4.47. The van der Waals surface area contributed by atoms with E-state index in [0.29, 0.717) is 19.3 Å². The van der Waals surface area contributed by atoms with Gasteiger partial charge in [0.15, 0.2) is 0 Å². The van der Waals surface area contributed by atoms with Gasteiger partial charge in [-0.25, -0.2) is 4.79 Å². The summed E-state index contributed by atoms with van der Waals surface area (Å²) in [5.41, 5.74) is 0. The van der Waals surface area contributed by atoms with E-state index in [4.69, 9.17) is 9.47 Å². The molecule has 0 radical (unpaired) electrons. The number of esters is 1. The van der Waals surface area contributed by atoms with Crippen molar-refractivity contribution in [3.63, 3.8) is 0 Å². The SMILES string of the molecule is CCOC(=O)COCCN(C)C(C)Cc1cccs1. The van der Waals surface area contributed by atoms with E-state index < -0.39 is 0 Å². The third-order valence-corrected chi connectivity index (χ3v) is 3.84. The molecule has 0 bridgehead atoms. The molecule has 19 heavy (non-hydrogen) atoms. The molecule has 0 fully saturated rings. The average molecular weight is 285 g/mol. The van der Waals surface area contributed by atoms with Gasteiger partial charge in [0.2, 0.25) is 0 Å². The van der Waals surface area contributed by atoms with Gasteiger partial charge in [0.25, 0.3) is 0 Å². The van der Waals surface area contributed by atoms with Crippen LogP contribution in [0.1, 0.15) is 18.7 Å². The summed E-state index contributed by atoms with van der Waals surface area (Å²) >= 11 is 1.79. The first-order valence-corrected chi connectivity index (χ1v) is 7.47. The van der Waals surface area contributed by atoms with Crippen LogP contribution in [-0.2, 0) is 20.7 Å². The predicted molar refractivity (Wildman–Crippen MR) is 77.6 cm³/mol. The largest absolute Gasteiger partial charge is 0.464 e. The van der Waals surface area contributed by atoms with E-state index in [1.165, 1.54) is 4.88 Å². The lowest BCUT2D eigenvalue weighted by Gasteiger charge is -2.24. The van der Waals surface area contributed by atoms with Gasteiger partial charge in [-0.1, -0.05) is 6.07 Å². The Morgan fingerprint density at radius 2 is 2.32 bits per heavy atom. The zero-order valence-electron chi connectivity index (χ0n) is 11.9. The fourth-order valence-electron chi connectivity index (χ4n) is 1.66. The molecule has 1 rings (SSSR count). The molecule has 1 heterocycles. The van der Waals surface area contributed by atoms with E-state index >= 15 is 0 Å². The molecule has 0 saturated carbocycles. The first-order valence-electron chi connectivity index (χ1n) is 6.59. The van der Waals surface area contributed by atoms with Gasteiger partial charge in [0.1, 0.15) is 6.61 Å². The van der Waals surface area contributed by atoms with Crippen LogP contribution in [0.2, 0.25) is 0 Å². The molecule has 1 atom stereocenters. The molecule has 108 valence electrons. The molecule has 0 amide bonds. The first-order chi connectivity index (χ1) is 9.13. The molecule has 0 saturated heterocycles. The topological polar surface area (TPSA) is 38.8 Å². The molecular weight excluding hydrogens is 262 g/mol. The quantitative estimate of drug-likeness (QED) is 0.515. The van der Waals surface area contributed by atoms with Crippen LogP contribution in [-0.4, -0.2) is 50.3 Å². The van der Waals surface area contributed by atoms with Crippen molar-refractivity contribution in [2.24, 2.45) is 0 Å². The van der Waals surface area contributed by atoms with Crippen molar-refractivity contribution in [1.29, 1.82) is 0 Å². The minimum Gasteiger partial charge on any atom is -0.464 e. The lowest BCUT2D eigenvalue weighted by Crippen LogP contribution is -2.33. The van der Waals surface area contributed by atoms with E-state index in [-0.39, 0.29) is 12.6 Å². The summed E-state index contributed by atoms with van der Waals surface area (Å²) in [6.45, 7) is 5.79. The number of hydrogen-bond acceptors (Lipinski definition) is 5. The lowest BCUT2D eigenvalue weighted by molar-refractivity contribution is -0.148. The Kier molecular flexibility index (Phi) is 7.70. The van der Waals surface area contributed by atoms with Crippen molar-refractivity contribution in [2.75, 3.05) is 33.4 Å². The molecule has 4 nitrogen and oxygen atoms in total. The van der Waals surface area contributed by atoms with E-state index in [1.807, 2.05) is 0 Å². The summed E-state index contributed by atoms with van der Waals surface area (Å²) in [4.78, 5) is 14.7. The second kappa shape index (κ2) is 9.07. The van der Waals surface area contributed by atoms with Crippen molar-refractivity contribution >= 4 is 17.3 Å². The maximum Gasteiger partial charge on any atom is 0.332 e. The minimum atomic E-state index is -0.295. The highest BCUT2D eigenvalue weighted by atomic mass is 32.1. The Morgan fingerprint density at radius 3 is 2.95 bits per heavy atom. The van der Waals surface area contributed by atoms with Crippen LogP contribution in [0.25, 0.3) is 0 Å². The molecule has 1 aromatic heterocycles. The van der Waals surface area contributed by atoms with Crippen molar-refractivity contribution in [3.8, 4) is 0 Å². The van der Waals surface area contributed by atoms with Crippen molar-refractivity contribution < 1.29 is 14.3 Å². The molecule has 0 N–H and O–H groups in total. The van der Waals surface area contributed by atoms with Crippen LogP contribution in [0.3, 0.4) is 0 Å². The maximum atomic E-state index is 11.1. The Hall–Kier alpha value is -0.910. The van der Waals surface area contributed by atoms with Crippen LogP contribution in [0.4, 0.5) is 0 Å². The fourth-order valence-corrected chi connectivity index (χ4v) is 2.49. The van der Waals surface area contributed by atoms with Crippen molar-refractivity contribution in [2.45, 2.75) is 26.3 Å². The Balaban J connectivity index is 2.13. The van der Waals surface area contributed by atoms with Gasteiger partial charge in [0.05, 0.1) is 13.2 Å². The molecule has 0 aliphatic rings. The summed E-state index contributed by atoms with van der Waals surface area (Å²) in [6.07, 6.45) is 1.05. The number of ether oxygens (including phenoxy) is 2. The number of thiophene rings is 1. The maximum absolute atomic E-state index is 11.1. The third-order valence-electron chi connectivity index (χ3n) is 2.94. The first kappa shape index (κ1) is 16.1. The zero-order chi connectivity index (χ0) is 14.1. The summed E-state index contributed by atoms with van der Waals surface area (Å²) in [5.74, 6) is -0.295. The Bertz CT molecular complexity index is 354. The fraction of sp³-hybridized carbons (Fsp3) is 0.643. The third kappa shape index (κ3) is 6.71. The highest BCUT2D eigenvalue weighted by Crippen LogP contribution is 2.13. The molecule has 1 aromatic rings. The molecule has 0 aliphatic heterocycles. The van der Waals surface area contributed by atoms with Crippen LogP contribution >= 0.6 is 11.3 Å². The normalized spacial score (nSPS) is 12.6. The van der Waals surface area contributed by atoms with Gasteiger partial charge >= 0.3 is 5.97 Å². The number of nitrogens with zero attached hydrogens (tertiary/aromatic N) is 1. The Morgan fingerprint density at radius 1 is 1.53 bits per heavy atom. The lowest BCUT2D eigenvalue weighted by atomic mass is 10.2. The highest BCUT2D eigenvalue weighted by Gasteiger charge is 2.10. The number of hydrogen-bond donors (Lipinski definition) is 0. The van der Waals surface area contributed by atoms with Crippen molar-refractivity contribution in [1.82, 2.24) is 4.90 Å². The molecule has 0 aliphatic carbocycles. The Labute approximate surface area is 119 Å². The highest BCUT2D eigenvalue weighted by molar-refractivity contribution is 7.09. The van der Waals surface area contributed by atoms with E-state index in [0.717, 1.165) is 13.0 Å². The van der Waals surface area contributed by atoms with E-state index in [9.17, 15) is 4.79 Å². The van der Waals surface area contributed by atoms with Gasteiger partial charge in [-0.05, 0) is 38.8 Å². The number of rotatable bonds is 9. The van der Waals surface area contributed by atoms with E-state index in [2.05, 4.69) is 36.4 Å². The number of carbonyl (C=O) groups is 1. The van der Waals surface area contributed by atoms with E-state index in [1.54, 1.807) is 18.3 Å². The van der Waals surface area contributed by atoms with Crippen LogP contribution < -0.4 is 0 Å². The number of likely N-dealkylation sites (N-methyl/N-ethyl adjacent to an activating group) is 1. The number of carbonyl (C=O) groups excluding carboxylic acids is 1. The monoisotopic (exact) mass is 285 g/mol. The van der Waals surface area contributed by atoms with Crippen LogP contribution in [0.15, 0.2) is 17.5 Å². The molecule has 0 aromatic carbocycles.